The molecule has 80 valence electrons. The van der Waals surface area contributed by atoms with Gasteiger partial charge in [0, 0.05) is 12.0 Å². The summed E-state index contributed by atoms with van der Waals surface area (Å²) in [6.45, 7) is 7.81. The Hall–Kier alpha value is -0.0800. The van der Waals surface area contributed by atoms with Crippen molar-refractivity contribution < 1.29 is 9.84 Å². The van der Waals surface area contributed by atoms with E-state index in [1.807, 2.05) is 20.8 Å². The van der Waals surface area contributed by atoms with E-state index in [2.05, 4.69) is 0 Å². The van der Waals surface area contributed by atoms with Crippen LogP contribution in [0.5, 0.6) is 0 Å². The molecule has 0 heterocycles. The second-order valence-corrected chi connectivity index (χ2v) is 3.50. The van der Waals surface area contributed by atoms with Gasteiger partial charge in [-0.2, -0.15) is 0 Å². The maximum absolute atomic E-state index is 9.16. The number of aliphatic hydroxyl groups is 1. The molecule has 2 nitrogen and oxygen atoms in total. The van der Waals surface area contributed by atoms with Crippen molar-refractivity contribution in [2.75, 3.05) is 19.8 Å². The summed E-state index contributed by atoms with van der Waals surface area (Å²) in [5.74, 6) is 0. The van der Waals surface area contributed by atoms with Gasteiger partial charge in [0.1, 0.15) is 0 Å². The molecule has 0 saturated heterocycles. The Balaban J connectivity index is 0.000000671. The lowest BCUT2D eigenvalue weighted by molar-refractivity contribution is 0.0152. The van der Waals surface area contributed by atoms with Crippen molar-refractivity contribution >= 4 is 0 Å². The molecule has 0 aromatic heterocycles. The van der Waals surface area contributed by atoms with Crippen LogP contribution in [0.25, 0.3) is 0 Å². The molecule has 1 aliphatic rings. The quantitative estimate of drug-likeness (QED) is 0.735. The summed E-state index contributed by atoms with van der Waals surface area (Å²) in [5, 5.41) is 9.16. The maximum atomic E-state index is 9.16. The summed E-state index contributed by atoms with van der Waals surface area (Å²) in [4.78, 5) is 0. The molecule has 1 N–H and O–H groups in total. The second-order valence-electron chi connectivity index (χ2n) is 3.50. The fourth-order valence-electron chi connectivity index (χ4n) is 1.79. The van der Waals surface area contributed by atoms with Crippen molar-refractivity contribution in [1.29, 1.82) is 0 Å². The van der Waals surface area contributed by atoms with E-state index in [1.54, 1.807) is 0 Å². The largest absolute Gasteiger partial charge is 0.396 e. The Morgan fingerprint density at radius 1 is 1.23 bits per heavy atom. The minimum Gasteiger partial charge on any atom is -0.396 e. The molecule has 0 radical (unpaired) electrons. The number of hydrogen-bond acceptors (Lipinski definition) is 2. The molecule has 1 fully saturated rings. The molecule has 1 aliphatic carbocycles. The van der Waals surface area contributed by atoms with Gasteiger partial charge in [0.15, 0.2) is 0 Å². The lowest BCUT2D eigenvalue weighted by Gasteiger charge is -2.25. The highest BCUT2D eigenvalue weighted by atomic mass is 16.5. The zero-order chi connectivity index (χ0) is 10.2. The fraction of sp³-hybridized carbons (Fsp3) is 1.00. The van der Waals surface area contributed by atoms with Gasteiger partial charge in [-0.15, -0.1) is 0 Å². The molecule has 0 aliphatic heterocycles. The molecule has 0 unspecified atom stereocenters. The average molecular weight is 188 g/mol. The lowest BCUT2D eigenvalue weighted by Crippen LogP contribution is -2.27. The maximum Gasteiger partial charge on any atom is 0.0544 e. The number of hydrogen-bond donors (Lipinski definition) is 1. The monoisotopic (exact) mass is 188 g/mol. The topological polar surface area (TPSA) is 29.5 Å². The van der Waals surface area contributed by atoms with Gasteiger partial charge in [0.25, 0.3) is 0 Å². The van der Waals surface area contributed by atoms with E-state index in [4.69, 9.17) is 9.84 Å². The smallest absolute Gasteiger partial charge is 0.0544 e. The molecule has 0 bridgehead atoms. The number of rotatable bonds is 4. The Morgan fingerprint density at radius 3 is 2.15 bits per heavy atom. The molecule has 13 heavy (non-hydrogen) atoms. The van der Waals surface area contributed by atoms with E-state index < -0.39 is 0 Å². The zero-order valence-electron chi connectivity index (χ0n) is 9.31. The van der Waals surface area contributed by atoms with E-state index >= 15 is 0 Å². The Bertz CT molecular complexity index is 107. The zero-order valence-corrected chi connectivity index (χ0v) is 9.31. The molecule has 1 rings (SSSR count). The summed E-state index contributed by atoms with van der Waals surface area (Å²) in [6.07, 6.45) is 4.80. The van der Waals surface area contributed by atoms with Crippen LogP contribution in [-0.2, 0) is 4.74 Å². The predicted molar refractivity (Wildman–Crippen MR) is 55.8 cm³/mol. The van der Waals surface area contributed by atoms with Crippen molar-refractivity contribution in [2.45, 2.75) is 46.5 Å². The van der Waals surface area contributed by atoms with Crippen molar-refractivity contribution in [2.24, 2.45) is 5.41 Å². The molecular weight excluding hydrogens is 164 g/mol. The fourth-order valence-corrected chi connectivity index (χ4v) is 1.79. The van der Waals surface area contributed by atoms with E-state index in [0.29, 0.717) is 6.61 Å². The van der Waals surface area contributed by atoms with Gasteiger partial charge in [-0.25, -0.2) is 0 Å². The van der Waals surface area contributed by atoms with Crippen LogP contribution in [0.2, 0.25) is 0 Å². The van der Waals surface area contributed by atoms with E-state index in [1.165, 1.54) is 12.8 Å². The highest BCUT2D eigenvalue weighted by Gasteiger charge is 2.33. The van der Waals surface area contributed by atoms with Crippen LogP contribution in [0.15, 0.2) is 0 Å². The molecule has 1 saturated carbocycles. The van der Waals surface area contributed by atoms with E-state index in [0.717, 1.165) is 26.1 Å². The van der Waals surface area contributed by atoms with Crippen LogP contribution in [0, 0.1) is 5.41 Å². The molecule has 2 heteroatoms. The summed E-state index contributed by atoms with van der Waals surface area (Å²) < 4.78 is 5.35. The number of aliphatic hydroxyl groups excluding tert-OH is 1. The van der Waals surface area contributed by atoms with Crippen molar-refractivity contribution in [3.8, 4) is 0 Å². The van der Waals surface area contributed by atoms with Crippen LogP contribution in [0.3, 0.4) is 0 Å². The third-order valence-electron chi connectivity index (χ3n) is 2.61. The minimum atomic E-state index is 0.121. The van der Waals surface area contributed by atoms with Crippen LogP contribution < -0.4 is 0 Å². The summed E-state index contributed by atoms with van der Waals surface area (Å²) in [5.41, 5.74) is 0.121. The summed E-state index contributed by atoms with van der Waals surface area (Å²) >= 11 is 0. The highest BCUT2D eigenvalue weighted by molar-refractivity contribution is 4.83. The average Bonchev–Trinajstić information content (AvgIpc) is 2.67. The lowest BCUT2D eigenvalue weighted by atomic mass is 9.88. The van der Waals surface area contributed by atoms with Gasteiger partial charge >= 0.3 is 0 Å². The van der Waals surface area contributed by atoms with Crippen LogP contribution in [0.1, 0.15) is 46.5 Å². The van der Waals surface area contributed by atoms with Gasteiger partial charge in [-0.3, -0.25) is 0 Å². The Labute approximate surface area is 82.3 Å². The third-order valence-corrected chi connectivity index (χ3v) is 2.61. The van der Waals surface area contributed by atoms with Gasteiger partial charge in [0.05, 0.1) is 13.2 Å². The van der Waals surface area contributed by atoms with Crippen LogP contribution in [-0.4, -0.2) is 24.9 Å². The van der Waals surface area contributed by atoms with Crippen molar-refractivity contribution in [3.63, 3.8) is 0 Å². The minimum absolute atomic E-state index is 0.121. The van der Waals surface area contributed by atoms with Gasteiger partial charge in [-0.05, 0) is 19.8 Å². The van der Waals surface area contributed by atoms with E-state index in [-0.39, 0.29) is 5.41 Å². The second kappa shape index (κ2) is 7.34. The molecule has 0 aromatic carbocycles. The molecule has 0 spiro atoms. The van der Waals surface area contributed by atoms with Crippen molar-refractivity contribution in [3.05, 3.63) is 0 Å². The molecule has 0 atom stereocenters. The molecular formula is C11H24O2. The molecule has 0 aromatic rings. The first-order chi connectivity index (χ1) is 6.33. The van der Waals surface area contributed by atoms with Gasteiger partial charge in [-0.1, -0.05) is 26.7 Å². The number of ether oxygens (including phenoxy) is 1. The Morgan fingerprint density at radius 2 is 1.77 bits per heavy atom. The summed E-state index contributed by atoms with van der Waals surface area (Å²) in [6, 6.07) is 0. The third kappa shape index (κ3) is 4.10. The first-order valence-electron chi connectivity index (χ1n) is 5.51. The highest BCUT2D eigenvalue weighted by Crippen LogP contribution is 2.37. The first kappa shape index (κ1) is 12.9. The van der Waals surface area contributed by atoms with Gasteiger partial charge < -0.3 is 9.84 Å². The standard InChI is InChI=1S/C9H18O2.C2H6/c1-2-11-8-9(7-10)5-3-4-6-9;1-2/h10H,2-8H2,1H3;1-2H3. The normalized spacial score (nSPS) is 19.4. The Kier molecular flexibility index (Phi) is 7.29. The molecule has 0 amide bonds. The predicted octanol–water partition coefficient (Wildman–Crippen LogP) is 2.60. The first-order valence-corrected chi connectivity index (χ1v) is 5.51. The van der Waals surface area contributed by atoms with Crippen LogP contribution in [0.4, 0.5) is 0 Å². The van der Waals surface area contributed by atoms with Crippen LogP contribution >= 0.6 is 0 Å². The SMILES string of the molecule is CC.CCOCC1(CO)CCCC1. The summed E-state index contributed by atoms with van der Waals surface area (Å²) in [7, 11) is 0. The van der Waals surface area contributed by atoms with Gasteiger partial charge in [0.2, 0.25) is 0 Å². The van der Waals surface area contributed by atoms with E-state index in [9.17, 15) is 0 Å². The van der Waals surface area contributed by atoms with Crippen molar-refractivity contribution in [1.82, 2.24) is 0 Å².